The molecule has 0 spiro atoms. The molecule has 0 aliphatic carbocycles. The Morgan fingerprint density at radius 3 is 2.45 bits per heavy atom. The summed E-state index contributed by atoms with van der Waals surface area (Å²) in [5.74, 6) is -0.182. The van der Waals surface area contributed by atoms with Gasteiger partial charge >= 0.3 is 0 Å². The van der Waals surface area contributed by atoms with Crippen molar-refractivity contribution >= 4 is 60.5 Å². The van der Waals surface area contributed by atoms with Gasteiger partial charge in [0.05, 0.1) is 21.1 Å². The molecule has 1 aromatic heterocycles. The lowest BCUT2D eigenvalue weighted by molar-refractivity contribution is 0.103. The maximum Gasteiger partial charge on any atom is 0.265 e. The van der Waals surface area contributed by atoms with Crippen molar-refractivity contribution < 1.29 is 13.2 Å². The van der Waals surface area contributed by atoms with Crippen LogP contribution in [0.4, 0.5) is 11.4 Å². The number of thiophene rings is 1. The predicted octanol–water partition coefficient (Wildman–Crippen LogP) is 6.40. The first-order chi connectivity index (χ1) is 15.8. The quantitative estimate of drug-likeness (QED) is 0.301. The van der Waals surface area contributed by atoms with E-state index in [9.17, 15) is 13.2 Å². The molecule has 0 atom stereocenters. The molecule has 170 valence electrons. The number of fused-ring (bicyclic) bond motifs is 1. The molecule has 8 heteroatoms. The second-order valence-electron chi connectivity index (χ2n) is 7.47. The number of benzene rings is 3. The Kier molecular flexibility index (Phi) is 6.78. The standard InChI is InChI=1S/C25H24N2O3S3/c1-4-27(33(29,30)20-12-9-17(2)10-13-20)19-11-14-22-18(15-19)16-24(32-22)25(28)26-21-7-5-6-8-23(21)31-3/h5-16H,4H2,1-3H3,(H,26,28). The van der Waals surface area contributed by atoms with Crippen molar-refractivity contribution in [1.82, 2.24) is 0 Å². The lowest BCUT2D eigenvalue weighted by Crippen LogP contribution is -2.30. The molecule has 0 saturated carbocycles. The molecule has 3 aromatic carbocycles. The Bertz CT molecular complexity index is 1410. The molecular weight excluding hydrogens is 472 g/mol. The first-order valence-electron chi connectivity index (χ1n) is 10.4. The van der Waals surface area contributed by atoms with Gasteiger partial charge in [-0.05, 0) is 74.0 Å². The van der Waals surface area contributed by atoms with E-state index in [-0.39, 0.29) is 10.8 Å². The number of para-hydroxylation sites is 1. The number of hydrogen-bond donors (Lipinski definition) is 1. The summed E-state index contributed by atoms with van der Waals surface area (Å²) in [6.07, 6.45) is 1.97. The number of aryl methyl sites for hydroxylation is 1. The number of anilines is 2. The number of amides is 1. The molecule has 1 heterocycles. The minimum atomic E-state index is -3.69. The minimum absolute atomic E-state index is 0.182. The highest BCUT2D eigenvalue weighted by Crippen LogP contribution is 2.33. The van der Waals surface area contributed by atoms with E-state index in [0.717, 1.165) is 26.2 Å². The van der Waals surface area contributed by atoms with Crippen LogP contribution in [0.25, 0.3) is 10.1 Å². The van der Waals surface area contributed by atoms with Crippen LogP contribution in [0.5, 0.6) is 0 Å². The van der Waals surface area contributed by atoms with Crippen LogP contribution in [0.1, 0.15) is 22.2 Å². The maximum absolute atomic E-state index is 13.3. The molecular formula is C25H24N2O3S3. The van der Waals surface area contributed by atoms with Gasteiger partial charge in [-0.15, -0.1) is 23.1 Å². The van der Waals surface area contributed by atoms with Crippen LogP contribution < -0.4 is 9.62 Å². The molecule has 0 radical (unpaired) electrons. The zero-order valence-corrected chi connectivity index (χ0v) is 21.0. The summed E-state index contributed by atoms with van der Waals surface area (Å²) in [5.41, 5.74) is 2.35. The molecule has 0 unspecified atom stereocenters. The summed E-state index contributed by atoms with van der Waals surface area (Å²) in [6.45, 7) is 4.03. The van der Waals surface area contributed by atoms with E-state index in [1.54, 1.807) is 42.1 Å². The SMILES string of the molecule is CCN(c1ccc2sc(C(=O)Nc3ccccc3SC)cc2c1)S(=O)(=O)c1ccc(C)cc1. The van der Waals surface area contributed by atoms with Crippen molar-refractivity contribution in [3.8, 4) is 0 Å². The summed E-state index contributed by atoms with van der Waals surface area (Å²) < 4.78 is 28.8. The second kappa shape index (κ2) is 9.59. The monoisotopic (exact) mass is 496 g/mol. The van der Waals surface area contributed by atoms with E-state index in [4.69, 9.17) is 0 Å². The zero-order chi connectivity index (χ0) is 23.6. The normalized spacial score (nSPS) is 11.5. The number of thioether (sulfide) groups is 1. The predicted molar refractivity (Wildman–Crippen MR) is 139 cm³/mol. The third-order valence-corrected chi connectivity index (χ3v) is 9.09. The van der Waals surface area contributed by atoms with Crippen molar-refractivity contribution in [3.63, 3.8) is 0 Å². The van der Waals surface area contributed by atoms with Gasteiger partial charge in [0.25, 0.3) is 15.9 Å². The van der Waals surface area contributed by atoms with Crippen LogP contribution in [-0.2, 0) is 10.0 Å². The van der Waals surface area contributed by atoms with Crippen molar-refractivity contribution in [2.75, 3.05) is 22.4 Å². The lowest BCUT2D eigenvalue weighted by Gasteiger charge is -2.23. The van der Waals surface area contributed by atoms with Crippen LogP contribution in [0, 0.1) is 6.92 Å². The largest absolute Gasteiger partial charge is 0.320 e. The molecule has 1 amide bonds. The Morgan fingerprint density at radius 1 is 1.03 bits per heavy atom. The number of carbonyl (C=O) groups is 1. The van der Waals surface area contributed by atoms with E-state index >= 15 is 0 Å². The molecule has 0 aliphatic heterocycles. The maximum atomic E-state index is 13.3. The van der Waals surface area contributed by atoms with E-state index in [1.807, 2.05) is 62.6 Å². The zero-order valence-electron chi connectivity index (χ0n) is 18.5. The molecule has 5 nitrogen and oxygen atoms in total. The Morgan fingerprint density at radius 2 is 1.76 bits per heavy atom. The number of nitrogens with one attached hydrogen (secondary N) is 1. The molecule has 4 rings (SSSR count). The summed E-state index contributed by atoms with van der Waals surface area (Å²) >= 11 is 2.96. The number of rotatable bonds is 7. The van der Waals surface area contributed by atoms with E-state index < -0.39 is 10.0 Å². The van der Waals surface area contributed by atoms with Crippen LogP contribution in [0.2, 0.25) is 0 Å². The van der Waals surface area contributed by atoms with Crippen LogP contribution >= 0.6 is 23.1 Å². The molecule has 0 saturated heterocycles. The Hall–Kier alpha value is -2.81. The third kappa shape index (κ3) is 4.78. The van der Waals surface area contributed by atoms with Gasteiger partial charge < -0.3 is 5.32 Å². The van der Waals surface area contributed by atoms with E-state index in [1.165, 1.54) is 15.6 Å². The molecule has 4 aromatic rings. The van der Waals surface area contributed by atoms with Crippen molar-refractivity contribution in [2.24, 2.45) is 0 Å². The number of carbonyl (C=O) groups excluding carboxylic acids is 1. The highest BCUT2D eigenvalue weighted by Gasteiger charge is 2.24. The second-order valence-corrected chi connectivity index (χ2v) is 11.3. The Labute approximate surface area is 202 Å². The molecule has 0 fully saturated rings. The number of hydrogen-bond acceptors (Lipinski definition) is 5. The van der Waals surface area contributed by atoms with Gasteiger partial charge in [-0.1, -0.05) is 29.8 Å². The fourth-order valence-electron chi connectivity index (χ4n) is 3.56. The van der Waals surface area contributed by atoms with Crippen LogP contribution in [-0.4, -0.2) is 27.1 Å². The number of sulfonamides is 1. The highest BCUT2D eigenvalue weighted by molar-refractivity contribution is 7.98. The Balaban J connectivity index is 1.64. The lowest BCUT2D eigenvalue weighted by atomic mass is 10.2. The van der Waals surface area contributed by atoms with Crippen molar-refractivity contribution in [2.45, 2.75) is 23.6 Å². The van der Waals surface area contributed by atoms with Gasteiger partial charge in [-0.3, -0.25) is 9.10 Å². The van der Waals surface area contributed by atoms with Gasteiger partial charge in [-0.2, -0.15) is 0 Å². The van der Waals surface area contributed by atoms with E-state index in [0.29, 0.717) is 17.1 Å². The van der Waals surface area contributed by atoms with Gasteiger partial charge in [-0.25, -0.2) is 8.42 Å². The summed E-state index contributed by atoms with van der Waals surface area (Å²) in [6, 6.07) is 21.8. The topological polar surface area (TPSA) is 66.5 Å². The van der Waals surface area contributed by atoms with Gasteiger partial charge in [0.1, 0.15) is 0 Å². The highest BCUT2D eigenvalue weighted by atomic mass is 32.2. The van der Waals surface area contributed by atoms with Crippen LogP contribution in [0.15, 0.2) is 82.6 Å². The van der Waals surface area contributed by atoms with E-state index in [2.05, 4.69) is 5.32 Å². The summed E-state index contributed by atoms with van der Waals surface area (Å²) in [5, 5.41) is 3.81. The van der Waals surface area contributed by atoms with Gasteiger partial charge in [0, 0.05) is 16.1 Å². The smallest absolute Gasteiger partial charge is 0.265 e. The summed E-state index contributed by atoms with van der Waals surface area (Å²) in [4.78, 5) is 14.7. The molecule has 0 bridgehead atoms. The molecule has 0 aliphatic rings. The third-order valence-electron chi connectivity index (χ3n) is 5.26. The van der Waals surface area contributed by atoms with Gasteiger partial charge in [0.2, 0.25) is 0 Å². The fraction of sp³-hybridized carbons (Fsp3) is 0.160. The first kappa shape index (κ1) is 23.4. The molecule has 33 heavy (non-hydrogen) atoms. The van der Waals surface area contributed by atoms with Crippen molar-refractivity contribution in [1.29, 1.82) is 0 Å². The fourth-order valence-corrected chi connectivity index (χ4v) is 6.52. The van der Waals surface area contributed by atoms with Crippen molar-refractivity contribution in [3.05, 3.63) is 83.2 Å². The minimum Gasteiger partial charge on any atom is -0.320 e. The number of nitrogens with zero attached hydrogens (tertiary/aromatic N) is 1. The first-order valence-corrected chi connectivity index (χ1v) is 13.9. The summed E-state index contributed by atoms with van der Waals surface area (Å²) in [7, 11) is -3.69. The average molecular weight is 497 g/mol. The van der Waals surface area contributed by atoms with Crippen LogP contribution in [0.3, 0.4) is 0 Å². The molecule has 1 N–H and O–H groups in total. The van der Waals surface area contributed by atoms with Gasteiger partial charge in [0.15, 0.2) is 0 Å². The average Bonchev–Trinajstić information content (AvgIpc) is 3.24.